The van der Waals surface area contributed by atoms with Crippen molar-refractivity contribution in [2.45, 2.75) is 82.9 Å². The molecule has 0 aromatic rings. The Hall–Kier alpha value is 0.350. The van der Waals surface area contributed by atoms with E-state index < -0.39 is 0 Å². The third kappa shape index (κ3) is 1.94. The summed E-state index contributed by atoms with van der Waals surface area (Å²) in [5, 5.41) is 0.398. The van der Waals surface area contributed by atoms with Crippen LogP contribution in [0.3, 0.4) is 0 Å². The monoisotopic (exact) mass is 244 g/mol. The maximum Gasteiger partial charge on any atom is 0.163 e. The Labute approximate surface area is 101 Å². The summed E-state index contributed by atoms with van der Waals surface area (Å²) in [7, 11) is -0.0333. The minimum absolute atomic E-state index is 0.0333. The first-order chi connectivity index (χ1) is 7.13. The molecule has 2 heterocycles. The summed E-state index contributed by atoms with van der Waals surface area (Å²) in [5.41, 5.74) is 1.30. The predicted molar refractivity (Wildman–Crippen MR) is 69.4 cm³/mol. The molecule has 94 valence electrons. The molecule has 3 heteroatoms. The molecule has 2 rings (SSSR count). The van der Waals surface area contributed by atoms with E-state index in [0.29, 0.717) is 28.7 Å². The first-order valence-electron chi connectivity index (χ1n) is 6.27. The van der Waals surface area contributed by atoms with E-state index >= 15 is 0 Å². The van der Waals surface area contributed by atoms with Crippen LogP contribution < -0.4 is 0 Å². The largest absolute Gasteiger partial charge is 0.344 e. The maximum atomic E-state index is 6.07. The Balaban J connectivity index is 2.22. The van der Waals surface area contributed by atoms with Crippen LogP contribution in [0.4, 0.5) is 0 Å². The molecular weight excluding hydrogens is 219 g/mol. The third-order valence-electron chi connectivity index (χ3n) is 3.77. The van der Waals surface area contributed by atoms with Crippen LogP contribution in [0, 0.1) is 0 Å². The first kappa shape index (κ1) is 12.8. The van der Waals surface area contributed by atoms with Crippen LogP contribution in [-0.2, 0) is 9.47 Å². The summed E-state index contributed by atoms with van der Waals surface area (Å²) in [6.45, 7) is 15.8. The Morgan fingerprint density at radius 1 is 0.938 bits per heavy atom. The normalized spacial score (nSPS) is 47.1. The van der Waals surface area contributed by atoms with Gasteiger partial charge in [-0.05, 0) is 19.0 Å². The van der Waals surface area contributed by atoms with Crippen LogP contribution in [0.25, 0.3) is 0 Å². The zero-order valence-corrected chi connectivity index (χ0v) is 12.5. The van der Waals surface area contributed by atoms with Crippen molar-refractivity contribution < 1.29 is 9.47 Å². The van der Waals surface area contributed by atoms with Crippen LogP contribution in [0.2, 0.25) is 0 Å². The quantitative estimate of drug-likeness (QED) is 0.606. The summed E-state index contributed by atoms with van der Waals surface area (Å²) < 4.78 is 12.1. The van der Waals surface area contributed by atoms with E-state index in [4.69, 9.17) is 9.47 Å². The smallest absolute Gasteiger partial charge is 0.163 e. The van der Waals surface area contributed by atoms with Gasteiger partial charge in [0.1, 0.15) is 0 Å². The summed E-state index contributed by atoms with van der Waals surface area (Å²) in [4.78, 5) is 0. The summed E-state index contributed by atoms with van der Waals surface area (Å²) >= 11 is 0. The van der Waals surface area contributed by atoms with Gasteiger partial charge in [-0.15, -0.1) is 0 Å². The fraction of sp³-hybridized carbons (Fsp3) is 1.00. The van der Waals surface area contributed by atoms with Crippen molar-refractivity contribution in [2.75, 3.05) is 0 Å². The van der Waals surface area contributed by atoms with Gasteiger partial charge in [0.15, 0.2) is 5.79 Å². The Bertz CT molecular complexity index is 262. The molecule has 2 aliphatic rings. The molecule has 4 unspecified atom stereocenters. The lowest BCUT2D eigenvalue weighted by Gasteiger charge is -2.37. The topological polar surface area (TPSA) is 18.5 Å². The van der Waals surface area contributed by atoms with Gasteiger partial charge >= 0.3 is 0 Å². The minimum atomic E-state index is -0.378. The molecule has 16 heavy (non-hydrogen) atoms. The molecule has 0 N–H and O–H groups in total. The number of rotatable bonds is 0. The maximum absolute atomic E-state index is 6.07. The van der Waals surface area contributed by atoms with Gasteiger partial charge < -0.3 is 9.47 Å². The van der Waals surface area contributed by atoms with Crippen LogP contribution in [0.5, 0.6) is 0 Å². The molecule has 2 saturated heterocycles. The lowest BCUT2D eigenvalue weighted by molar-refractivity contribution is -0.147. The summed E-state index contributed by atoms with van der Waals surface area (Å²) in [6.07, 6.45) is 0.630. The van der Waals surface area contributed by atoms with Crippen molar-refractivity contribution >= 4 is 7.92 Å². The average molecular weight is 244 g/mol. The standard InChI is InChI=1S/C13H25O2P/c1-8-10-11(15-13(6,7)14-10)9(2)16(8)12(3,4)5/h8-11H,1-7H3. The lowest BCUT2D eigenvalue weighted by atomic mass is 10.1. The van der Waals surface area contributed by atoms with Gasteiger partial charge in [-0.2, -0.15) is 0 Å². The fourth-order valence-corrected chi connectivity index (χ4v) is 7.75. The van der Waals surface area contributed by atoms with Crippen molar-refractivity contribution in [1.29, 1.82) is 0 Å². The highest BCUT2D eigenvalue weighted by Crippen LogP contribution is 2.66. The molecule has 4 atom stereocenters. The molecule has 0 aromatic heterocycles. The van der Waals surface area contributed by atoms with Crippen LogP contribution >= 0.6 is 7.92 Å². The second kappa shape index (κ2) is 3.67. The first-order valence-corrected chi connectivity index (χ1v) is 7.75. The van der Waals surface area contributed by atoms with Crippen LogP contribution in [0.15, 0.2) is 0 Å². The van der Waals surface area contributed by atoms with Gasteiger partial charge in [0, 0.05) is 11.3 Å². The second-order valence-electron chi connectivity index (χ2n) is 6.62. The van der Waals surface area contributed by atoms with Crippen LogP contribution in [-0.4, -0.2) is 34.5 Å². The zero-order valence-electron chi connectivity index (χ0n) is 11.6. The number of hydrogen-bond acceptors (Lipinski definition) is 2. The van der Waals surface area contributed by atoms with Crippen molar-refractivity contribution in [1.82, 2.24) is 0 Å². The zero-order chi connectivity index (χ0) is 12.3. The van der Waals surface area contributed by atoms with Gasteiger partial charge in [0.25, 0.3) is 0 Å². The molecule has 0 spiro atoms. The number of fused-ring (bicyclic) bond motifs is 1. The van der Waals surface area contributed by atoms with Gasteiger partial charge in [0.2, 0.25) is 0 Å². The molecule has 2 fully saturated rings. The van der Waals surface area contributed by atoms with Crippen molar-refractivity contribution in [3.63, 3.8) is 0 Å². The summed E-state index contributed by atoms with van der Waals surface area (Å²) in [5.74, 6) is -0.378. The van der Waals surface area contributed by atoms with Crippen molar-refractivity contribution in [3.05, 3.63) is 0 Å². The molecule has 2 aliphatic heterocycles. The van der Waals surface area contributed by atoms with E-state index in [2.05, 4.69) is 34.6 Å². The minimum Gasteiger partial charge on any atom is -0.344 e. The van der Waals surface area contributed by atoms with E-state index in [1.165, 1.54) is 0 Å². The van der Waals surface area contributed by atoms with Gasteiger partial charge in [0.05, 0.1) is 12.2 Å². The SMILES string of the molecule is CC1C2OC(C)(C)OC2C(C)P1C(C)(C)C. The van der Waals surface area contributed by atoms with E-state index in [-0.39, 0.29) is 13.7 Å². The molecule has 0 saturated carbocycles. The number of hydrogen-bond donors (Lipinski definition) is 0. The van der Waals surface area contributed by atoms with E-state index in [9.17, 15) is 0 Å². The highest BCUT2D eigenvalue weighted by molar-refractivity contribution is 7.61. The Morgan fingerprint density at radius 2 is 1.31 bits per heavy atom. The van der Waals surface area contributed by atoms with Gasteiger partial charge in [-0.1, -0.05) is 42.5 Å². The molecular formula is C13H25O2P. The van der Waals surface area contributed by atoms with E-state index in [1.54, 1.807) is 0 Å². The van der Waals surface area contributed by atoms with Gasteiger partial charge in [-0.3, -0.25) is 0 Å². The molecule has 0 radical (unpaired) electrons. The Morgan fingerprint density at radius 3 is 1.62 bits per heavy atom. The van der Waals surface area contributed by atoms with E-state index in [1.807, 2.05) is 13.8 Å². The van der Waals surface area contributed by atoms with Crippen molar-refractivity contribution in [3.8, 4) is 0 Å². The van der Waals surface area contributed by atoms with E-state index in [0.717, 1.165) is 0 Å². The van der Waals surface area contributed by atoms with Crippen molar-refractivity contribution in [2.24, 2.45) is 0 Å². The number of ether oxygens (including phenoxy) is 2. The molecule has 0 aromatic carbocycles. The summed E-state index contributed by atoms with van der Waals surface area (Å²) in [6, 6.07) is 0. The average Bonchev–Trinajstić information content (AvgIpc) is 2.47. The lowest BCUT2D eigenvalue weighted by Crippen LogP contribution is -2.29. The van der Waals surface area contributed by atoms with Crippen LogP contribution in [0.1, 0.15) is 48.5 Å². The Kier molecular flexibility index (Phi) is 2.94. The molecule has 0 amide bonds. The predicted octanol–water partition coefficient (Wildman–Crippen LogP) is 3.58. The van der Waals surface area contributed by atoms with Gasteiger partial charge in [-0.25, -0.2) is 0 Å². The second-order valence-corrected chi connectivity index (χ2v) is 10.4. The molecule has 2 nitrogen and oxygen atoms in total. The highest BCUT2D eigenvalue weighted by Gasteiger charge is 2.57. The molecule has 0 bridgehead atoms. The fourth-order valence-electron chi connectivity index (χ4n) is 3.47. The highest BCUT2D eigenvalue weighted by atomic mass is 31.1. The molecule has 0 aliphatic carbocycles. The third-order valence-corrected chi connectivity index (χ3v) is 7.66.